The monoisotopic (exact) mass is 740 g/mol. The van der Waals surface area contributed by atoms with Gasteiger partial charge >= 0.3 is 12.1 Å². The second kappa shape index (κ2) is 16.0. The summed E-state index contributed by atoms with van der Waals surface area (Å²) in [5.74, 6) is 0.320. The van der Waals surface area contributed by atoms with Gasteiger partial charge in [0.05, 0.1) is 17.2 Å². The summed E-state index contributed by atoms with van der Waals surface area (Å²) in [6.45, 7) is 21.4. The van der Waals surface area contributed by atoms with Gasteiger partial charge in [0.1, 0.15) is 29.3 Å². The number of carbonyl (C=O) groups is 2. The molecule has 0 saturated carbocycles. The van der Waals surface area contributed by atoms with E-state index in [0.29, 0.717) is 48.4 Å². The van der Waals surface area contributed by atoms with Crippen molar-refractivity contribution in [1.82, 2.24) is 9.80 Å². The molecule has 1 amide bonds. The highest BCUT2D eigenvalue weighted by Gasteiger charge is 2.43. The van der Waals surface area contributed by atoms with E-state index in [1.165, 1.54) is 5.56 Å². The predicted octanol–water partition coefficient (Wildman–Crippen LogP) is 7.79. The highest BCUT2D eigenvalue weighted by atomic mass is 35.5. The van der Waals surface area contributed by atoms with Gasteiger partial charge in [-0.2, -0.15) is 0 Å². The van der Waals surface area contributed by atoms with Gasteiger partial charge in [-0.05, 0) is 100 Å². The molecule has 286 valence electrons. The van der Waals surface area contributed by atoms with Crippen LogP contribution in [0.1, 0.15) is 96.9 Å². The van der Waals surface area contributed by atoms with Gasteiger partial charge in [-0.3, -0.25) is 4.90 Å². The molecule has 10 nitrogen and oxygen atoms in total. The van der Waals surface area contributed by atoms with E-state index in [-0.39, 0.29) is 36.2 Å². The summed E-state index contributed by atoms with van der Waals surface area (Å²) < 4.78 is 24.2. The predicted molar refractivity (Wildman–Crippen MR) is 201 cm³/mol. The molecule has 0 radical (unpaired) electrons. The molecule has 0 aromatic heterocycles. The van der Waals surface area contributed by atoms with Crippen LogP contribution in [0, 0.1) is 11.8 Å². The largest absolute Gasteiger partial charge is 0.491 e. The summed E-state index contributed by atoms with van der Waals surface area (Å²) in [7, 11) is 0. The zero-order valence-corrected chi connectivity index (χ0v) is 32.6. The lowest BCUT2D eigenvalue weighted by Gasteiger charge is -2.47. The van der Waals surface area contributed by atoms with Crippen LogP contribution in [0.5, 0.6) is 11.5 Å². The van der Waals surface area contributed by atoms with Crippen LogP contribution in [-0.2, 0) is 26.2 Å². The number of halogens is 1. The van der Waals surface area contributed by atoms with Crippen LogP contribution in [0.2, 0.25) is 5.02 Å². The zero-order chi connectivity index (χ0) is 38.0. The van der Waals surface area contributed by atoms with Crippen molar-refractivity contribution in [2.75, 3.05) is 39.4 Å². The van der Waals surface area contributed by atoms with Gasteiger partial charge in [0.25, 0.3) is 0 Å². The quantitative estimate of drug-likeness (QED) is 0.236. The molecule has 2 aromatic carbocycles. The number of nitrogens with zero attached hydrogens (tertiary/aromatic N) is 2. The maximum Gasteiger partial charge on any atom is 0.410 e. The van der Waals surface area contributed by atoms with E-state index in [9.17, 15) is 19.8 Å². The average molecular weight is 741 g/mol. The molecule has 11 heteroatoms. The fourth-order valence-electron chi connectivity index (χ4n) is 7.41. The van der Waals surface area contributed by atoms with Gasteiger partial charge in [0, 0.05) is 44.2 Å². The smallest absolute Gasteiger partial charge is 0.410 e. The van der Waals surface area contributed by atoms with E-state index in [4.69, 9.17) is 30.5 Å². The van der Waals surface area contributed by atoms with Crippen molar-refractivity contribution in [2.45, 2.75) is 110 Å². The SMILES string of the molecule is C=C(C)[C@H]1C[C@@H]2CN(Cc3ccc(OCC4(O)CCN(C(=O)OC(C)(C)C)CC4)cc3)CC[C@@H]2O[C@@H]1c1cc(C(C)(C)C)cc(Cl)c1OCC(=O)O. The van der Waals surface area contributed by atoms with Crippen molar-refractivity contribution in [1.29, 1.82) is 0 Å². The molecule has 3 saturated heterocycles. The molecule has 5 rings (SSSR count). The maximum absolute atomic E-state index is 12.4. The first-order valence-corrected chi connectivity index (χ1v) is 18.8. The van der Waals surface area contributed by atoms with Gasteiger partial charge in [0.2, 0.25) is 0 Å². The van der Waals surface area contributed by atoms with E-state index < -0.39 is 23.8 Å². The second-order valence-corrected chi connectivity index (χ2v) is 17.4. The van der Waals surface area contributed by atoms with Gasteiger partial charge in [-0.15, -0.1) is 0 Å². The summed E-state index contributed by atoms with van der Waals surface area (Å²) in [6.07, 6.45) is 1.95. The lowest BCUT2D eigenvalue weighted by atomic mass is 9.75. The Bertz CT molecular complexity index is 1590. The number of ether oxygens (including phenoxy) is 4. The van der Waals surface area contributed by atoms with Crippen molar-refractivity contribution >= 4 is 23.7 Å². The molecule has 3 heterocycles. The Morgan fingerprint density at radius 2 is 1.71 bits per heavy atom. The van der Waals surface area contributed by atoms with E-state index >= 15 is 0 Å². The number of hydrogen-bond donors (Lipinski definition) is 2. The van der Waals surface area contributed by atoms with Crippen LogP contribution >= 0.6 is 11.6 Å². The number of amides is 1. The van der Waals surface area contributed by atoms with Gasteiger partial charge < -0.3 is 34.1 Å². The third kappa shape index (κ3) is 10.2. The Hall–Kier alpha value is -3.31. The van der Waals surface area contributed by atoms with Crippen LogP contribution in [-0.4, -0.2) is 88.8 Å². The van der Waals surface area contributed by atoms with Crippen LogP contribution < -0.4 is 9.47 Å². The minimum absolute atomic E-state index is 0.00969. The summed E-state index contributed by atoms with van der Waals surface area (Å²) in [5, 5.41) is 20.9. The van der Waals surface area contributed by atoms with E-state index in [2.05, 4.69) is 50.4 Å². The third-order valence-corrected chi connectivity index (χ3v) is 10.7. The molecular weight excluding hydrogens is 684 g/mol. The highest BCUT2D eigenvalue weighted by molar-refractivity contribution is 6.32. The van der Waals surface area contributed by atoms with Gasteiger partial charge in [-0.25, -0.2) is 9.59 Å². The molecule has 2 N–H and O–H groups in total. The lowest BCUT2D eigenvalue weighted by molar-refractivity contribution is -0.140. The van der Waals surface area contributed by atoms with Crippen LogP contribution in [0.3, 0.4) is 0 Å². The van der Waals surface area contributed by atoms with Crippen molar-refractivity contribution < 1.29 is 38.7 Å². The number of fused-ring (bicyclic) bond motifs is 1. The Balaban J connectivity index is 1.18. The Labute approximate surface area is 314 Å². The molecule has 3 fully saturated rings. The molecule has 0 unspecified atom stereocenters. The molecule has 0 spiro atoms. The van der Waals surface area contributed by atoms with Crippen molar-refractivity contribution in [3.63, 3.8) is 0 Å². The fourth-order valence-corrected chi connectivity index (χ4v) is 7.69. The number of piperidine rings is 2. The Morgan fingerprint density at radius 1 is 1.04 bits per heavy atom. The van der Waals surface area contributed by atoms with Crippen LogP contribution in [0.15, 0.2) is 48.6 Å². The van der Waals surface area contributed by atoms with Crippen molar-refractivity contribution in [3.05, 3.63) is 70.3 Å². The minimum Gasteiger partial charge on any atom is -0.491 e. The van der Waals surface area contributed by atoms with Crippen molar-refractivity contribution in [3.8, 4) is 11.5 Å². The summed E-state index contributed by atoms with van der Waals surface area (Å²) >= 11 is 6.77. The molecule has 0 aliphatic carbocycles. The Kier molecular flexibility index (Phi) is 12.2. The number of aliphatic hydroxyl groups is 1. The minimum atomic E-state index is -1.06. The fraction of sp³-hybridized carbons (Fsp3) is 0.610. The van der Waals surface area contributed by atoms with E-state index in [0.717, 1.165) is 49.2 Å². The highest BCUT2D eigenvalue weighted by Crippen LogP contribution is 2.49. The first-order valence-electron chi connectivity index (χ1n) is 18.4. The van der Waals surface area contributed by atoms with Gasteiger partial charge in [0.15, 0.2) is 6.61 Å². The first-order chi connectivity index (χ1) is 24.3. The van der Waals surface area contributed by atoms with Gasteiger partial charge in [-0.1, -0.05) is 56.7 Å². The number of carboxylic acid groups (broad SMARTS) is 1. The van der Waals surface area contributed by atoms with E-state index in [1.54, 1.807) is 4.90 Å². The average Bonchev–Trinajstić information content (AvgIpc) is 3.05. The molecule has 0 bridgehead atoms. The summed E-state index contributed by atoms with van der Waals surface area (Å²) in [4.78, 5) is 28.0. The van der Waals surface area contributed by atoms with E-state index in [1.807, 2.05) is 45.9 Å². The zero-order valence-electron chi connectivity index (χ0n) is 31.9. The Morgan fingerprint density at radius 3 is 2.31 bits per heavy atom. The molecule has 52 heavy (non-hydrogen) atoms. The number of likely N-dealkylation sites (tertiary alicyclic amines) is 2. The first kappa shape index (κ1) is 39.9. The standard InChI is InChI=1S/C41H57ClN2O8/c1-26(2)31-19-28-23-43(16-13-34(28)51-36(31)32-20-29(39(3,4)5)21-33(42)37(32)49-24-35(45)46)22-27-9-11-30(12-10-27)50-25-41(48)14-17-44(18-15-41)38(47)52-40(6,7)8/h9-12,20-21,28,31,34,36,48H,1,13-19,22-25H2,2-8H3,(H,45,46)/t28-,31-,34+,36+/m1/s1. The van der Waals surface area contributed by atoms with Crippen LogP contribution in [0.25, 0.3) is 0 Å². The number of carboxylic acids is 1. The third-order valence-electron chi connectivity index (χ3n) is 10.4. The number of carbonyl (C=O) groups excluding carboxylic acids is 1. The summed E-state index contributed by atoms with van der Waals surface area (Å²) in [6, 6.07) is 12.0. The molecular formula is C41H57ClN2O8. The number of benzene rings is 2. The number of aliphatic carboxylic acids is 1. The maximum atomic E-state index is 12.4. The topological polar surface area (TPSA) is 118 Å². The normalized spacial score (nSPS) is 23.8. The lowest BCUT2D eigenvalue weighted by Crippen LogP contribution is -2.50. The van der Waals surface area contributed by atoms with Crippen LogP contribution in [0.4, 0.5) is 4.79 Å². The molecule has 4 atom stereocenters. The molecule has 3 aliphatic heterocycles. The number of hydrogen-bond acceptors (Lipinski definition) is 8. The summed E-state index contributed by atoms with van der Waals surface area (Å²) in [5.41, 5.74) is 2.27. The van der Waals surface area contributed by atoms with Crippen molar-refractivity contribution in [2.24, 2.45) is 11.8 Å². The second-order valence-electron chi connectivity index (χ2n) is 17.0. The molecule has 3 aliphatic rings. The molecule has 2 aromatic rings. The number of rotatable bonds is 10.